The van der Waals surface area contributed by atoms with Gasteiger partial charge in [0, 0.05) is 51.1 Å². The molecular weight excluding hydrogens is 362 g/mol. The smallest absolute Gasteiger partial charge is 0.224 e. The van der Waals surface area contributed by atoms with Gasteiger partial charge in [-0.15, -0.1) is 0 Å². The molecule has 144 valence electrons. The van der Waals surface area contributed by atoms with E-state index in [4.69, 9.17) is 12.2 Å². The molecule has 0 spiro atoms. The van der Waals surface area contributed by atoms with Crippen LogP contribution in [0.1, 0.15) is 25.3 Å². The van der Waals surface area contributed by atoms with Crippen LogP contribution in [-0.4, -0.2) is 62.6 Å². The van der Waals surface area contributed by atoms with Gasteiger partial charge in [-0.3, -0.25) is 19.3 Å². The van der Waals surface area contributed by atoms with Crippen LogP contribution < -0.4 is 0 Å². The number of hydrogen-bond donors (Lipinski definition) is 1. The lowest BCUT2D eigenvalue weighted by molar-refractivity contribution is -0.139. The van der Waals surface area contributed by atoms with Gasteiger partial charge in [0.25, 0.3) is 0 Å². The van der Waals surface area contributed by atoms with Gasteiger partial charge in [0.1, 0.15) is 0 Å². The number of carbonyl (C=O) groups is 2. The Morgan fingerprint density at radius 3 is 2.44 bits per heavy atom. The first-order valence-electron chi connectivity index (χ1n) is 9.27. The Kier molecular flexibility index (Phi) is 6.05. The van der Waals surface area contributed by atoms with Crippen molar-refractivity contribution in [1.29, 1.82) is 0 Å². The third kappa shape index (κ3) is 4.44. The van der Waals surface area contributed by atoms with Gasteiger partial charge in [0.2, 0.25) is 11.8 Å². The number of carbonyl (C=O) groups excluding carboxylic acids is 2. The summed E-state index contributed by atoms with van der Waals surface area (Å²) in [6.07, 6.45) is 0.864. The van der Waals surface area contributed by atoms with Crippen molar-refractivity contribution in [3.05, 3.63) is 34.6 Å². The van der Waals surface area contributed by atoms with Gasteiger partial charge in [-0.05, 0) is 25.2 Å². The van der Waals surface area contributed by atoms with Crippen LogP contribution in [0.15, 0.2) is 24.3 Å². The lowest BCUT2D eigenvalue weighted by Crippen LogP contribution is -2.50. The molecule has 1 aliphatic heterocycles. The molecule has 2 aromatic rings. The topological polar surface area (TPSA) is 74.2 Å². The maximum atomic E-state index is 12.6. The molecule has 0 aliphatic carbocycles. The Labute approximate surface area is 164 Å². The lowest BCUT2D eigenvalue weighted by atomic mass is 10.1. The Morgan fingerprint density at radius 1 is 1.15 bits per heavy atom. The van der Waals surface area contributed by atoms with Crippen LogP contribution in [0, 0.1) is 11.7 Å². The summed E-state index contributed by atoms with van der Waals surface area (Å²) in [5, 5.41) is 7.16. The van der Waals surface area contributed by atoms with Gasteiger partial charge < -0.3 is 9.80 Å². The summed E-state index contributed by atoms with van der Waals surface area (Å²) in [5.74, 6) is 0.973. The van der Waals surface area contributed by atoms with Crippen molar-refractivity contribution >= 4 is 24.0 Å². The zero-order valence-electron chi connectivity index (χ0n) is 15.8. The fourth-order valence-corrected chi connectivity index (χ4v) is 3.55. The van der Waals surface area contributed by atoms with Gasteiger partial charge in [0.15, 0.2) is 10.6 Å². The maximum absolute atomic E-state index is 12.6. The summed E-state index contributed by atoms with van der Waals surface area (Å²) in [6, 6.07) is 8.05. The summed E-state index contributed by atoms with van der Waals surface area (Å²) in [6.45, 7) is 6.77. The highest BCUT2D eigenvalue weighted by Crippen LogP contribution is 2.19. The number of aryl methyl sites for hydroxylation is 1. The van der Waals surface area contributed by atoms with E-state index in [0.717, 1.165) is 17.0 Å². The van der Waals surface area contributed by atoms with Gasteiger partial charge in [-0.25, -0.2) is 0 Å². The molecular formula is C19H25N5O2S. The number of nitrogens with one attached hydrogen (secondary N) is 1. The number of aromatic amines is 1. The Bertz CT molecular complexity index is 880. The van der Waals surface area contributed by atoms with Crippen LogP contribution in [0.3, 0.4) is 0 Å². The fraction of sp³-hybridized carbons (Fsp3) is 0.474. The molecule has 1 N–H and O–H groups in total. The van der Waals surface area contributed by atoms with Gasteiger partial charge in [-0.1, -0.05) is 30.7 Å². The van der Waals surface area contributed by atoms with E-state index in [1.165, 1.54) is 0 Å². The van der Waals surface area contributed by atoms with Crippen LogP contribution in [0.5, 0.6) is 0 Å². The third-order valence-electron chi connectivity index (χ3n) is 4.87. The van der Waals surface area contributed by atoms with Crippen LogP contribution in [0.2, 0.25) is 0 Å². The van der Waals surface area contributed by atoms with E-state index in [9.17, 15) is 9.59 Å². The van der Waals surface area contributed by atoms with Crippen molar-refractivity contribution in [2.45, 2.75) is 33.2 Å². The predicted molar refractivity (Wildman–Crippen MR) is 106 cm³/mol. The zero-order chi connectivity index (χ0) is 19.4. The minimum atomic E-state index is 0.0805. The van der Waals surface area contributed by atoms with Crippen LogP contribution in [-0.2, 0) is 16.1 Å². The number of amides is 2. The van der Waals surface area contributed by atoms with Crippen molar-refractivity contribution in [2.75, 3.05) is 26.2 Å². The summed E-state index contributed by atoms with van der Waals surface area (Å²) >= 11 is 5.35. The largest absolute Gasteiger partial charge is 0.339 e. The monoisotopic (exact) mass is 387 g/mol. The van der Waals surface area contributed by atoms with Crippen molar-refractivity contribution in [3.8, 4) is 11.4 Å². The maximum Gasteiger partial charge on any atom is 0.224 e. The van der Waals surface area contributed by atoms with Crippen molar-refractivity contribution in [1.82, 2.24) is 24.6 Å². The molecule has 0 saturated carbocycles. The molecule has 7 nitrogen and oxygen atoms in total. The van der Waals surface area contributed by atoms with Gasteiger partial charge >= 0.3 is 0 Å². The predicted octanol–water partition coefficient (Wildman–Crippen LogP) is 2.39. The molecule has 0 bridgehead atoms. The summed E-state index contributed by atoms with van der Waals surface area (Å²) in [7, 11) is 0. The highest BCUT2D eigenvalue weighted by molar-refractivity contribution is 7.71. The first-order chi connectivity index (χ1) is 13.0. The molecule has 1 aromatic carbocycles. The lowest BCUT2D eigenvalue weighted by Gasteiger charge is -2.34. The molecule has 8 heteroatoms. The first kappa shape index (κ1) is 19.3. The molecule has 1 aromatic heterocycles. The van der Waals surface area contributed by atoms with Crippen molar-refractivity contribution < 1.29 is 9.59 Å². The van der Waals surface area contributed by atoms with Crippen molar-refractivity contribution in [2.24, 2.45) is 0 Å². The molecule has 2 heterocycles. The minimum absolute atomic E-state index is 0.0805. The molecule has 3 rings (SSSR count). The van der Waals surface area contributed by atoms with Crippen LogP contribution >= 0.6 is 12.2 Å². The Balaban J connectivity index is 1.63. The zero-order valence-corrected chi connectivity index (χ0v) is 16.6. The second-order valence-electron chi connectivity index (χ2n) is 6.74. The molecule has 0 unspecified atom stereocenters. The molecule has 0 atom stereocenters. The molecule has 1 fully saturated rings. The number of H-pyrrole nitrogens is 1. The average Bonchev–Trinajstić information content (AvgIpc) is 3.06. The number of nitrogens with zero attached hydrogens (tertiary/aromatic N) is 4. The quantitative estimate of drug-likeness (QED) is 0.800. The molecule has 1 aliphatic rings. The van der Waals surface area contributed by atoms with E-state index < -0.39 is 0 Å². The minimum Gasteiger partial charge on any atom is -0.339 e. The van der Waals surface area contributed by atoms with E-state index in [1.54, 1.807) is 0 Å². The van der Waals surface area contributed by atoms with Crippen LogP contribution in [0.25, 0.3) is 11.4 Å². The van der Waals surface area contributed by atoms with Gasteiger partial charge in [-0.2, -0.15) is 5.10 Å². The summed E-state index contributed by atoms with van der Waals surface area (Å²) in [4.78, 5) is 28.0. The second kappa shape index (κ2) is 8.47. The molecule has 27 heavy (non-hydrogen) atoms. The van der Waals surface area contributed by atoms with E-state index in [-0.39, 0.29) is 11.8 Å². The van der Waals surface area contributed by atoms with E-state index in [1.807, 2.05) is 52.5 Å². The van der Waals surface area contributed by atoms with Crippen molar-refractivity contribution in [3.63, 3.8) is 0 Å². The average molecular weight is 388 g/mol. The highest BCUT2D eigenvalue weighted by Gasteiger charge is 2.23. The van der Waals surface area contributed by atoms with Gasteiger partial charge in [0.05, 0.1) is 0 Å². The summed E-state index contributed by atoms with van der Waals surface area (Å²) < 4.78 is 2.39. The van der Waals surface area contributed by atoms with E-state index in [2.05, 4.69) is 10.2 Å². The SMILES string of the molecule is CCC(=O)N1CCN(C(=O)CCn2c(-c3cccc(C)c3)n[nH]c2=S)CC1. The number of aromatic nitrogens is 3. The number of benzene rings is 1. The van der Waals surface area contributed by atoms with E-state index >= 15 is 0 Å². The molecule has 2 amide bonds. The first-order valence-corrected chi connectivity index (χ1v) is 9.68. The molecule has 1 saturated heterocycles. The normalized spacial score (nSPS) is 14.4. The Hall–Kier alpha value is -2.48. The van der Waals surface area contributed by atoms with E-state index in [0.29, 0.717) is 50.3 Å². The molecule has 0 radical (unpaired) electrons. The standard InChI is InChI=1S/C19H25N5O2S/c1-3-16(25)22-9-11-23(12-10-22)17(26)7-8-24-18(20-21-19(24)27)15-6-4-5-14(2)13-15/h4-6,13H,3,7-12H2,1-2H3,(H,21,27). The highest BCUT2D eigenvalue weighted by atomic mass is 32.1. The number of hydrogen-bond acceptors (Lipinski definition) is 4. The third-order valence-corrected chi connectivity index (χ3v) is 5.18. The number of piperazine rings is 1. The summed E-state index contributed by atoms with van der Waals surface area (Å²) in [5.41, 5.74) is 2.12. The Morgan fingerprint density at radius 2 is 1.81 bits per heavy atom. The van der Waals surface area contributed by atoms with Crippen LogP contribution in [0.4, 0.5) is 0 Å². The number of rotatable bonds is 5. The fourth-order valence-electron chi connectivity index (χ4n) is 3.32. The second-order valence-corrected chi connectivity index (χ2v) is 7.13.